The number of urea groups is 1. The summed E-state index contributed by atoms with van der Waals surface area (Å²) in [6, 6.07) is 3.90. The van der Waals surface area contributed by atoms with E-state index in [1.807, 2.05) is 0 Å². The molecule has 9 heteroatoms. The first-order valence-electron chi connectivity index (χ1n) is 10.5. The maximum atomic E-state index is 12.4. The zero-order chi connectivity index (χ0) is 21.5. The van der Waals surface area contributed by atoms with E-state index in [2.05, 4.69) is 16.2 Å². The number of benzene rings is 1. The number of nitro benzene ring substituents is 1. The number of carbonyl (C=O) groups excluding carboxylic acids is 2. The van der Waals surface area contributed by atoms with E-state index in [9.17, 15) is 19.7 Å². The molecule has 0 spiro atoms. The normalized spacial score (nSPS) is 29.7. The molecule has 4 fully saturated rings. The monoisotopic (exact) mass is 416 g/mol. The van der Waals surface area contributed by atoms with Crippen molar-refractivity contribution in [3.63, 3.8) is 0 Å². The van der Waals surface area contributed by atoms with E-state index >= 15 is 0 Å². The second kappa shape index (κ2) is 7.77. The van der Waals surface area contributed by atoms with Crippen LogP contribution in [0, 0.1) is 34.8 Å². The number of hydrazine groups is 1. The Morgan fingerprint density at radius 3 is 2.27 bits per heavy atom. The number of nitrogens with one attached hydrogen (secondary N) is 3. The molecule has 5 rings (SSSR count). The number of nitrogens with zero attached hydrogens (tertiary/aromatic N) is 1. The molecule has 0 radical (unpaired) electrons. The van der Waals surface area contributed by atoms with Gasteiger partial charge in [-0.2, -0.15) is 0 Å². The quantitative estimate of drug-likeness (QED) is 0.503. The van der Waals surface area contributed by atoms with Crippen molar-refractivity contribution in [2.45, 2.75) is 64.0 Å². The Morgan fingerprint density at radius 2 is 1.73 bits per heavy atom. The summed E-state index contributed by atoms with van der Waals surface area (Å²) in [7, 11) is 0. The standard InChI is InChI=1S/C21H28N4O5/c1-12-5-17(3-4-18(12)25(28)29)30-13(2)19(26)23-24-20(27)22-21-9-14-6-15(10-21)8-16(7-14)11-21/h3-5,13-16H,6-11H2,1-2H3,(H,23,26)(H2,22,24,27). The van der Waals surface area contributed by atoms with E-state index in [1.165, 1.54) is 37.5 Å². The number of hydrogen-bond donors (Lipinski definition) is 3. The first-order chi connectivity index (χ1) is 14.2. The van der Waals surface area contributed by atoms with Crippen LogP contribution in [0.3, 0.4) is 0 Å². The third kappa shape index (κ3) is 4.20. The second-order valence-electron chi connectivity index (χ2n) is 9.23. The fourth-order valence-electron chi connectivity index (χ4n) is 5.92. The number of carbonyl (C=O) groups is 2. The van der Waals surface area contributed by atoms with Crippen LogP contribution >= 0.6 is 0 Å². The average molecular weight is 416 g/mol. The summed E-state index contributed by atoms with van der Waals surface area (Å²) < 4.78 is 5.55. The second-order valence-corrected chi connectivity index (χ2v) is 9.23. The molecule has 1 aromatic rings. The smallest absolute Gasteiger partial charge is 0.333 e. The fraction of sp³-hybridized carbons (Fsp3) is 0.619. The van der Waals surface area contributed by atoms with Crippen molar-refractivity contribution in [2.24, 2.45) is 17.8 Å². The van der Waals surface area contributed by atoms with Gasteiger partial charge >= 0.3 is 6.03 Å². The molecule has 4 aliphatic carbocycles. The fourth-order valence-corrected chi connectivity index (χ4v) is 5.92. The Bertz CT molecular complexity index is 836. The van der Waals surface area contributed by atoms with E-state index in [0.717, 1.165) is 19.3 Å². The maximum absolute atomic E-state index is 12.4. The van der Waals surface area contributed by atoms with Gasteiger partial charge in [0.25, 0.3) is 11.6 Å². The summed E-state index contributed by atoms with van der Waals surface area (Å²) >= 11 is 0. The minimum absolute atomic E-state index is 0.0116. The highest BCUT2D eigenvalue weighted by molar-refractivity contribution is 5.84. The van der Waals surface area contributed by atoms with Gasteiger partial charge in [-0.05, 0) is 82.3 Å². The molecular weight excluding hydrogens is 388 g/mol. The molecule has 0 aliphatic heterocycles. The number of nitro groups is 1. The Hall–Kier alpha value is -2.84. The topological polar surface area (TPSA) is 123 Å². The van der Waals surface area contributed by atoms with Crippen molar-refractivity contribution < 1.29 is 19.2 Å². The van der Waals surface area contributed by atoms with Gasteiger partial charge in [0.05, 0.1) is 4.92 Å². The Morgan fingerprint density at radius 1 is 1.13 bits per heavy atom. The van der Waals surface area contributed by atoms with Gasteiger partial charge in [-0.25, -0.2) is 10.2 Å². The molecule has 4 saturated carbocycles. The molecule has 162 valence electrons. The lowest BCUT2D eigenvalue weighted by atomic mass is 9.53. The van der Waals surface area contributed by atoms with Crippen LogP contribution in [-0.2, 0) is 4.79 Å². The van der Waals surface area contributed by atoms with E-state index in [4.69, 9.17) is 4.74 Å². The van der Waals surface area contributed by atoms with Crippen molar-refractivity contribution in [2.75, 3.05) is 0 Å². The zero-order valence-corrected chi connectivity index (χ0v) is 17.3. The van der Waals surface area contributed by atoms with Crippen LogP contribution < -0.4 is 20.9 Å². The van der Waals surface area contributed by atoms with Gasteiger partial charge in [-0.1, -0.05) is 0 Å². The van der Waals surface area contributed by atoms with E-state index < -0.39 is 23.0 Å². The summed E-state index contributed by atoms with van der Waals surface area (Å²) in [4.78, 5) is 35.1. The van der Waals surface area contributed by atoms with Crippen LogP contribution in [0.15, 0.2) is 18.2 Å². The summed E-state index contributed by atoms with van der Waals surface area (Å²) in [5, 5.41) is 14.0. The maximum Gasteiger partial charge on any atom is 0.333 e. The Balaban J connectivity index is 1.26. The lowest BCUT2D eigenvalue weighted by Crippen LogP contribution is -2.63. The molecular formula is C21H28N4O5. The lowest BCUT2D eigenvalue weighted by molar-refractivity contribution is -0.385. The summed E-state index contributed by atoms with van der Waals surface area (Å²) in [5.74, 6) is 1.98. The molecule has 0 aromatic heterocycles. The van der Waals surface area contributed by atoms with Crippen LogP contribution in [0.25, 0.3) is 0 Å². The van der Waals surface area contributed by atoms with Gasteiger partial charge in [0.1, 0.15) is 5.75 Å². The van der Waals surface area contributed by atoms with Crippen LogP contribution in [0.2, 0.25) is 0 Å². The molecule has 1 unspecified atom stereocenters. The number of rotatable bonds is 5. The van der Waals surface area contributed by atoms with Gasteiger partial charge in [0, 0.05) is 17.2 Å². The molecule has 0 saturated heterocycles. The number of amides is 3. The van der Waals surface area contributed by atoms with Crippen LogP contribution in [0.1, 0.15) is 51.0 Å². The molecule has 9 nitrogen and oxygen atoms in total. The zero-order valence-electron chi connectivity index (χ0n) is 17.3. The van der Waals surface area contributed by atoms with Gasteiger partial charge in [-0.15, -0.1) is 0 Å². The molecule has 0 heterocycles. The van der Waals surface area contributed by atoms with E-state index in [-0.39, 0.29) is 11.2 Å². The highest BCUT2D eigenvalue weighted by atomic mass is 16.6. The largest absolute Gasteiger partial charge is 0.481 e. The minimum atomic E-state index is -0.884. The van der Waals surface area contributed by atoms with Crippen LogP contribution in [-0.4, -0.2) is 28.5 Å². The highest BCUT2D eigenvalue weighted by Crippen LogP contribution is 2.55. The van der Waals surface area contributed by atoms with Crippen molar-refractivity contribution >= 4 is 17.6 Å². The van der Waals surface area contributed by atoms with E-state index in [1.54, 1.807) is 13.8 Å². The van der Waals surface area contributed by atoms with Gasteiger partial charge in [-0.3, -0.25) is 20.3 Å². The summed E-state index contributed by atoms with van der Waals surface area (Å²) in [5.41, 5.74) is 5.13. The Labute approximate surface area is 175 Å². The average Bonchev–Trinajstić information content (AvgIpc) is 2.64. The minimum Gasteiger partial charge on any atom is -0.481 e. The first-order valence-corrected chi connectivity index (χ1v) is 10.5. The van der Waals surface area contributed by atoms with Crippen molar-refractivity contribution in [3.8, 4) is 5.75 Å². The number of aryl methyl sites for hydroxylation is 1. The summed E-state index contributed by atoms with van der Waals surface area (Å²) in [6.07, 6.45) is 6.06. The molecule has 4 aliphatic rings. The predicted octanol–water partition coefficient (Wildman–Crippen LogP) is 2.97. The number of hydrogen-bond acceptors (Lipinski definition) is 5. The van der Waals surface area contributed by atoms with Crippen molar-refractivity contribution in [3.05, 3.63) is 33.9 Å². The van der Waals surface area contributed by atoms with Gasteiger partial charge in [0.2, 0.25) is 0 Å². The SMILES string of the molecule is Cc1cc(OC(C)C(=O)NNC(=O)NC23CC4CC(CC(C4)C2)C3)ccc1[N+](=O)[O-]. The molecule has 1 atom stereocenters. The van der Waals surface area contributed by atoms with Crippen molar-refractivity contribution in [1.82, 2.24) is 16.2 Å². The molecule has 3 amide bonds. The van der Waals surface area contributed by atoms with E-state index in [0.29, 0.717) is 29.1 Å². The molecule has 1 aromatic carbocycles. The third-order valence-corrected chi connectivity index (χ3v) is 6.76. The van der Waals surface area contributed by atoms with Gasteiger partial charge < -0.3 is 10.1 Å². The van der Waals surface area contributed by atoms with Crippen LogP contribution in [0.4, 0.5) is 10.5 Å². The molecule has 4 bridgehead atoms. The number of ether oxygens (including phenoxy) is 1. The molecule has 30 heavy (non-hydrogen) atoms. The third-order valence-electron chi connectivity index (χ3n) is 6.76. The first kappa shape index (κ1) is 20.4. The Kier molecular flexibility index (Phi) is 5.29. The lowest BCUT2D eigenvalue weighted by Gasteiger charge is -2.56. The van der Waals surface area contributed by atoms with Crippen molar-refractivity contribution in [1.29, 1.82) is 0 Å². The van der Waals surface area contributed by atoms with Crippen LogP contribution in [0.5, 0.6) is 5.75 Å². The van der Waals surface area contributed by atoms with Gasteiger partial charge in [0.15, 0.2) is 6.10 Å². The highest BCUT2D eigenvalue weighted by Gasteiger charge is 2.51. The summed E-state index contributed by atoms with van der Waals surface area (Å²) in [6.45, 7) is 3.15. The predicted molar refractivity (Wildman–Crippen MR) is 109 cm³/mol. The molecule has 3 N–H and O–H groups in total.